The number of hydrogen-bond donors (Lipinski definition) is 2. The number of benzene rings is 3. The van der Waals surface area contributed by atoms with E-state index in [1.54, 1.807) is 14.2 Å². The lowest BCUT2D eigenvalue weighted by Gasteiger charge is -2.37. The van der Waals surface area contributed by atoms with Crippen LogP contribution in [0.3, 0.4) is 0 Å². The first kappa shape index (κ1) is 32.4. The molecule has 0 saturated carbocycles. The molecule has 1 amide bonds. The summed E-state index contributed by atoms with van der Waals surface area (Å²) in [6.45, 7) is 1.06. The summed E-state index contributed by atoms with van der Waals surface area (Å²) in [5, 5.41) is 14.0. The van der Waals surface area contributed by atoms with Gasteiger partial charge in [0.1, 0.15) is 47.8 Å². The molecule has 0 bridgehead atoms. The van der Waals surface area contributed by atoms with Gasteiger partial charge in [0.05, 0.1) is 20.8 Å². The molecule has 3 aromatic carbocycles. The molecule has 5 rings (SSSR count). The largest absolute Gasteiger partial charge is 0.497 e. The number of amides is 1. The molecule has 0 unspecified atom stereocenters. The van der Waals surface area contributed by atoms with Gasteiger partial charge in [-0.05, 0) is 47.0 Å². The second-order valence-electron chi connectivity index (χ2n) is 10.5. The summed E-state index contributed by atoms with van der Waals surface area (Å²) >= 11 is 0. The Morgan fingerprint density at radius 3 is 2.09 bits per heavy atom. The molecular weight excluding hydrogens is 590 g/mol. The van der Waals surface area contributed by atoms with Crippen molar-refractivity contribution in [2.75, 3.05) is 32.8 Å². The number of methoxy groups -OCH3 is 2. The van der Waals surface area contributed by atoms with Crippen molar-refractivity contribution in [2.45, 2.75) is 37.1 Å². The molecule has 1 aromatic heterocycles. The van der Waals surface area contributed by atoms with Gasteiger partial charge in [0.15, 0.2) is 6.23 Å². The maximum atomic E-state index is 13.0. The summed E-state index contributed by atoms with van der Waals surface area (Å²) in [6, 6.07) is 26.2. The standard InChI is InChI=1S/C35H35N3O8/c1-5-21-44-32-31(40)29(46-33(32)38-20-19-30(36-23(2)39)37-34(38)41)22-45-35(24-9-7-6-8-10-24,25-11-15-27(42-3)16-12-25)26-13-17-28(43-4)18-14-26/h1,6-20,29,31-33,40H,21-22H2,2-4H3,(H,36,37,39,41)/t29-,31-,32-,33-/m1/s1. The number of aliphatic hydroxyl groups is 1. The molecule has 1 fully saturated rings. The molecule has 1 saturated heterocycles. The van der Waals surface area contributed by atoms with Gasteiger partial charge in [0.2, 0.25) is 5.91 Å². The number of hydrogen-bond acceptors (Lipinski definition) is 9. The molecule has 4 aromatic rings. The topological polar surface area (TPSA) is 130 Å². The molecule has 4 atom stereocenters. The summed E-state index contributed by atoms with van der Waals surface area (Å²) in [7, 11) is 3.20. The second kappa shape index (κ2) is 14.4. The minimum atomic E-state index is -1.24. The normalized spacial score (nSPS) is 19.3. The predicted octanol–water partition coefficient (Wildman–Crippen LogP) is 3.50. The van der Waals surface area contributed by atoms with E-state index in [-0.39, 0.29) is 24.9 Å². The van der Waals surface area contributed by atoms with Crippen molar-refractivity contribution in [2.24, 2.45) is 0 Å². The lowest BCUT2D eigenvalue weighted by atomic mass is 9.80. The second-order valence-corrected chi connectivity index (χ2v) is 10.5. The first-order valence-corrected chi connectivity index (χ1v) is 14.5. The Labute approximate surface area is 266 Å². The first-order chi connectivity index (χ1) is 22.3. The fourth-order valence-electron chi connectivity index (χ4n) is 5.54. The highest BCUT2D eigenvalue weighted by molar-refractivity contribution is 5.87. The lowest BCUT2D eigenvalue weighted by molar-refractivity contribution is -0.114. The Morgan fingerprint density at radius 2 is 1.57 bits per heavy atom. The third kappa shape index (κ3) is 6.66. The molecule has 46 heavy (non-hydrogen) atoms. The van der Waals surface area contributed by atoms with Crippen LogP contribution in [-0.2, 0) is 24.6 Å². The Bertz CT molecular complexity index is 1670. The summed E-state index contributed by atoms with van der Waals surface area (Å²) in [6.07, 6.45) is 2.57. The summed E-state index contributed by atoms with van der Waals surface area (Å²) in [5.41, 5.74) is 0.526. The summed E-state index contributed by atoms with van der Waals surface area (Å²) in [5.74, 6) is 3.46. The number of aromatic nitrogens is 2. The number of carbonyl (C=O) groups excluding carboxylic acids is 1. The highest BCUT2D eigenvalue weighted by Gasteiger charge is 2.48. The Kier molecular flexibility index (Phi) is 10.1. The zero-order valence-corrected chi connectivity index (χ0v) is 25.7. The fraction of sp³-hybridized carbons (Fsp3) is 0.286. The quantitative estimate of drug-likeness (QED) is 0.179. The molecule has 11 nitrogen and oxygen atoms in total. The van der Waals surface area contributed by atoms with E-state index in [1.807, 2.05) is 78.9 Å². The molecule has 0 spiro atoms. The molecule has 2 heterocycles. The van der Waals surface area contributed by atoms with E-state index in [2.05, 4.69) is 16.2 Å². The van der Waals surface area contributed by atoms with Crippen LogP contribution in [0, 0.1) is 12.3 Å². The minimum Gasteiger partial charge on any atom is -0.497 e. The van der Waals surface area contributed by atoms with Crippen molar-refractivity contribution in [1.29, 1.82) is 0 Å². The molecule has 11 heteroatoms. The third-order valence-electron chi connectivity index (χ3n) is 7.72. The molecule has 2 N–H and O–H groups in total. The van der Waals surface area contributed by atoms with E-state index in [0.717, 1.165) is 16.7 Å². The van der Waals surface area contributed by atoms with Gasteiger partial charge in [0.25, 0.3) is 0 Å². The Morgan fingerprint density at radius 1 is 0.978 bits per heavy atom. The van der Waals surface area contributed by atoms with E-state index in [1.165, 1.54) is 23.8 Å². The minimum absolute atomic E-state index is 0.0832. The van der Waals surface area contributed by atoms with E-state index < -0.39 is 35.8 Å². The molecule has 1 aliphatic rings. The number of nitrogens with zero attached hydrogens (tertiary/aromatic N) is 2. The smallest absolute Gasteiger partial charge is 0.351 e. The van der Waals surface area contributed by atoms with Gasteiger partial charge in [-0.3, -0.25) is 9.36 Å². The van der Waals surface area contributed by atoms with E-state index in [4.69, 9.17) is 30.1 Å². The highest BCUT2D eigenvalue weighted by atomic mass is 16.6. The average molecular weight is 626 g/mol. The number of rotatable bonds is 12. The number of aliphatic hydroxyl groups excluding tert-OH is 1. The Hall–Kier alpha value is -4.99. The van der Waals surface area contributed by atoms with Gasteiger partial charge < -0.3 is 34.1 Å². The van der Waals surface area contributed by atoms with Gasteiger partial charge in [0, 0.05) is 13.1 Å². The zero-order valence-electron chi connectivity index (χ0n) is 25.7. The van der Waals surface area contributed by atoms with Crippen LogP contribution >= 0.6 is 0 Å². The van der Waals surface area contributed by atoms with Crippen LogP contribution in [0.4, 0.5) is 5.82 Å². The van der Waals surface area contributed by atoms with Gasteiger partial charge >= 0.3 is 5.69 Å². The molecular formula is C35H35N3O8. The number of carbonyl (C=O) groups is 1. The molecule has 0 radical (unpaired) electrons. The van der Waals surface area contributed by atoms with Crippen LogP contribution in [0.25, 0.3) is 0 Å². The fourth-order valence-corrected chi connectivity index (χ4v) is 5.54. The van der Waals surface area contributed by atoms with Crippen molar-refractivity contribution in [3.05, 3.63) is 118 Å². The van der Waals surface area contributed by atoms with Crippen molar-refractivity contribution in [3.8, 4) is 23.8 Å². The van der Waals surface area contributed by atoms with Crippen LogP contribution in [-0.4, -0.2) is 66.3 Å². The van der Waals surface area contributed by atoms with E-state index >= 15 is 0 Å². The van der Waals surface area contributed by atoms with Crippen LogP contribution in [0.5, 0.6) is 11.5 Å². The van der Waals surface area contributed by atoms with Crippen molar-refractivity contribution < 1.29 is 33.6 Å². The van der Waals surface area contributed by atoms with Gasteiger partial charge in [-0.2, -0.15) is 4.98 Å². The van der Waals surface area contributed by atoms with Crippen molar-refractivity contribution in [3.63, 3.8) is 0 Å². The van der Waals surface area contributed by atoms with Crippen LogP contribution in [0.1, 0.15) is 29.8 Å². The van der Waals surface area contributed by atoms with Crippen LogP contribution < -0.4 is 20.5 Å². The van der Waals surface area contributed by atoms with E-state index in [9.17, 15) is 14.7 Å². The maximum absolute atomic E-state index is 13.0. The lowest BCUT2D eigenvalue weighted by Crippen LogP contribution is -2.40. The number of terminal acetylenes is 1. The monoisotopic (exact) mass is 625 g/mol. The first-order valence-electron chi connectivity index (χ1n) is 14.5. The van der Waals surface area contributed by atoms with E-state index in [0.29, 0.717) is 11.5 Å². The summed E-state index contributed by atoms with van der Waals surface area (Å²) in [4.78, 5) is 28.4. The SMILES string of the molecule is C#CCO[C@@H]1[C@H](O)[C@@H](COC(c2ccccc2)(c2ccc(OC)cc2)c2ccc(OC)cc2)O[C@H]1n1ccc(NC(C)=O)nc1=O. The molecule has 238 valence electrons. The zero-order chi connectivity index (χ0) is 32.7. The average Bonchev–Trinajstić information content (AvgIpc) is 3.39. The van der Waals surface area contributed by atoms with Crippen molar-refractivity contribution >= 4 is 11.7 Å². The van der Waals surface area contributed by atoms with Gasteiger partial charge in [-0.15, -0.1) is 6.42 Å². The predicted molar refractivity (Wildman–Crippen MR) is 170 cm³/mol. The van der Waals surface area contributed by atoms with Gasteiger partial charge in [-0.25, -0.2) is 4.79 Å². The number of nitrogens with one attached hydrogen (secondary N) is 1. The Balaban J connectivity index is 1.54. The molecule has 0 aliphatic carbocycles. The van der Waals surface area contributed by atoms with Crippen LogP contribution in [0.15, 0.2) is 95.9 Å². The maximum Gasteiger partial charge on any atom is 0.351 e. The number of ether oxygens (including phenoxy) is 5. The number of anilines is 1. The van der Waals surface area contributed by atoms with Gasteiger partial charge in [-0.1, -0.05) is 60.5 Å². The van der Waals surface area contributed by atoms with Crippen molar-refractivity contribution in [1.82, 2.24) is 9.55 Å². The summed E-state index contributed by atoms with van der Waals surface area (Å²) < 4.78 is 31.0. The highest BCUT2D eigenvalue weighted by Crippen LogP contribution is 2.43. The van der Waals surface area contributed by atoms with Crippen LogP contribution in [0.2, 0.25) is 0 Å². The molecule has 1 aliphatic heterocycles. The third-order valence-corrected chi connectivity index (χ3v) is 7.72.